The molecule has 0 radical (unpaired) electrons. The number of carboxylic acids is 1. The predicted molar refractivity (Wildman–Crippen MR) is 111 cm³/mol. The highest BCUT2D eigenvalue weighted by Crippen LogP contribution is 2.31. The molecule has 3 aromatic rings. The van der Waals surface area contributed by atoms with Crippen molar-refractivity contribution in [1.82, 2.24) is 15.0 Å². The van der Waals surface area contributed by atoms with E-state index in [0.717, 1.165) is 47.4 Å². The van der Waals surface area contributed by atoms with Crippen LogP contribution in [0.2, 0.25) is 0 Å². The summed E-state index contributed by atoms with van der Waals surface area (Å²) in [6.07, 6.45) is -5.08. The Morgan fingerprint density at radius 2 is 1.97 bits per heavy atom. The number of carboxylic acid groups (broad SMARTS) is 1. The zero-order chi connectivity index (χ0) is 23.3. The molecule has 1 aliphatic heterocycles. The van der Waals surface area contributed by atoms with E-state index in [4.69, 9.17) is 24.1 Å². The third-order valence-corrected chi connectivity index (χ3v) is 5.82. The van der Waals surface area contributed by atoms with Crippen molar-refractivity contribution in [1.29, 1.82) is 0 Å². The van der Waals surface area contributed by atoms with Crippen molar-refractivity contribution >= 4 is 17.3 Å². The van der Waals surface area contributed by atoms with Gasteiger partial charge in [-0.3, -0.25) is 4.90 Å². The van der Waals surface area contributed by atoms with Gasteiger partial charge in [0, 0.05) is 29.6 Å². The molecule has 1 atom stereocenters. The summed E-state index contributed by atoms with van der Waals surface area (Å²) < 4.78 is 42.8. The number of hydrogen-bond donors (Lipinski definition) is 1. The first kappa shape index (κ1) is 23.9. The van der Waals surface area contributed by atoms with Crippen molar-refractivity contribution in [3.63, 3.8) is 0 Å². The van der Waals surface area contributed by atoms with Crippen LogP contribution in [0.1, 0.15) is 28.8 Å². The topological polar surface area (TPSA) is 88.7 Å². The van der Waals surface area contributed by atoms with Gasteiger partial charge in [0.15, 0.2) is 0 Å². The molecule has 0 bridgehead atoms. The van der Waals surface area contributed by atoms with Crippen LogP contribution in [0.5, 0.6) is 0 Å². The number of morpholine rings is 1. The van der Waals surface area contributed by atoms with E-state index in [9.17, 15) is 13.2 Å². The molecule has 1 N–H and O–H groups in total. The second-order valence-corrected chi connectivity index (χ2v) is 7.97. The SMILES string of the molecule is Cc1noc(C)c1CN1CCOCC1c1csc(-c2ccccc2)n1.O=C(O)C(F)(F)F. The van der Waals surface area contributed by atoms with Crippen molar-refractivity contribution < 1.29 is 32.3 Å². The van der Waals surface area contributed by atoms with E-state index in [2.05, 4.69) is 27.6 Å². The number of ether oxygens (including phenoxy) is 1. The van der Waals surface area contributed by atoms with Crippen LogP contribution in [-0.2, 0) is 16.1 Å². The van der Waals surface area contributed by atoms with E-state index >= 15 is 0 Å². The molecule has 1 saturated heterocycles. The van der Waals surface area contributed by atoms with Gasteiger partial charge in [0.2, 0.25) is 0 Å². The minimum Gasteiger partial charge on any atom is -0.475 e. The number of benzene rings is 1. The molecule has 3 heterocycles. The van der Waals surface area contributed by atoms with Gasteiger partial charge in [-0.1, -0.05) is 35.5 Å². The number of aromatic nitrogens is 2. The number of thiazole rings is 1. The van der Waals surface area contributed by atoms with Crippen LogP contribution in [0.3, 0.4) is 0 Å². The van der Waals surface area contributed by atoms with Gasteiger partial charge in [0.25, 0.3) is 0 Å². The second-order valence-electron chi connectivity index (χ2n) is 7.11. The summed E-state index contributed by atoms with van der Waals surface area (Å²) in [5.74, 6) is -1.86. The van der Waals surface area contributed by atoms with Crippen molar-refractivity contribution in [2.24, 2.45) is 0 Å². The summed E-state index contributed by atoms with van der Waals surface area (Å²) in [5, 5.41) is 14.4. The Morgan fingerprint density at radius 3 is 2.56 bits per heavy atom. The van der Waals surface area contributed by atoms with Gasteiger partial charge in [-0.25, -0.2) is 9.78 Å². The van der Waals surface area contributed by atoms with Gasteiger partial charge in [-0.15, -0.1) is 11.3 Å². The zero-order valence-corrected chi connectivity index (χ0v) is 18.2. The highest BCUT2D eigenvalue weighted by molar-refractivity contribution is 7.13. The molecule has 1 unspecified atom stereocenters. The first-order valence-corrected chi connectivity index (χ1v) is 10.6. The Kier molecular flexibility index (Phi) is 7.64. The maximum Gasteiger partial charge on any atom is 0.490 e. The number of alkyl halides is 3. The summed E-state index contributed by atoms with van der Waals surface area (Å²) >= 11 is 1.69. The number of aliphatic carboxylic acids is 1. The maximum atomic E-state index is 10.6. The highest BCUT2D eigenvalue weighted by atomic mass is 32.1. The number of rotatable bonds is 4. The lowest BCUT2D eigenvalue weighted by Gasteiger charge is -2.34. The normalized spacial score (nSPS) is 17.0. The average Bonchev–Trinajstić information content (AvgIpc) is 3.37. The molecule has 0 aliphatic carbocycles. The fourth-order valence-electron chi connectivity index (χ4n) is 3.18. The Labute approximate surface area is 186 Å². The van der Waals surface area contributed by atoms with Crippen molar-refractivity contribution in [3.8, 4) is 10.6 Å². The predicted octanol–water partition coefficient (Wildman–Crippen LogP) is 4.62. The lowest BCUT2D eigenvalue weighted by molar-refractivity contribution is -0.192. The summed E-state index contributed by atoms with van der Waals surface area (Å²) in [7, 11) is 0. The van der Waals surface area contributed by atoms with Crippen LogP contribution in [0.4, 0.5) is 13.2 Å². The molecule has 1 aliphatic rings. The van der Waals surface area contributed by atoms with Crippen LogP contribution in [0, 0.1) is 13.8 Å². The zero-order valence-electron chi connectivity index (χ0n) is 17.4. The quantitative estimate of drug-likeness (QED) is 0.596. The lowest BCUT2D eigenvalue weighted by Crippen LogP contribution is -2.39. The minimum absolute atomic E-state index is 0.163. The molecular formula is C21H22F3N3O4S. The Bertz CT molecular complexity index is 1020. The molecule has 4 rings (SSSR count). The highest BCUT2D eigenvalue weighted by Gasteiger charge is 2.38. The number of nitrogens with zero attached hydrogens (tertiary/aromatic N) is 3. The summed E-state index contributed by atoms with van der Waals surface area (Å²) in [6, 6.07) is 10.5. The smallest absolute Gasteiger partial charge is 0.475 e. The van der Waals surface area contributed by atoms with Gasteiger partial charge in [-0.05, 0) is 13.8 Å². The lowest BCUT2D eigenvalue weighted by atomic mass is 10.1. The molecule has 0 amide bonds. The Hall–Kier alpha value is -2.76. The van der Waals surface area contributed by atoms with Crippen LogP contribution in [-0.4, -0.2) is 52.1 Å². The van der Waals surface area contributed by atoms with Gasteiger partial charge >= 0.3 is 12.1 Å². The van der Waals surface area contributed by atoms with E-state index in [1.807, 2.05) is 32.0 Å². The van der Waals surface area contributed by atoms with Crippen molar-refractivity contribution in [3.05, 3.63) is 58.4 Å². The third kappa shape index (κ3) is 5.93. The summed E-state index contributed by atoms with van der Waals surface area (Å²) in [4.78, 5) is 16.2. The van der Waals surface area contributed by atoms with Crippen LogP contribution in [0.25, 0.3) is 10.6 Å². The van der Waals surface area contributed by atoms with Crippen LogP contribution < -0.4 is 0 Å². The summed E-state index contributed by atoms with van der Waals surface area (Å²) in [5.41, 5.74) is 4.37. The number of hydrogen-bond acceptors (Lipinski definition) is 7. The molecule has 2 aromatic heterocycles. The Morgan fingerprint density at radius 1 is 1.28 bits per heavy atom. The molecule has 11 heteroatoms. The Balaban J connectivity index is 0.000000360. The molecule has 0 spiro atoms. The molecule has 32 heavy (non-hydrogen) atoms. The molecule has 1 fully saturated rings. The third-order valence-electron chi connectivity index (χ3n) is 4.91. The standard InChI is InChI=1S/C19H21N3O2S.C2HF3O2/c1-13-16(14(2)24-21-13)10-22-8-9-23-11-18(22)17-12-25-19(20-17)15-6-4-3-5-7-15;3-2(4,5)1(6)7/h3-7,12,18H,8-11H2,1-2H3;(H,6,7). The van der Waals surface area contributed by atoms with Gasteiger partial charge in [0.05, 0.1) is 30.6 Å². The van der Waals surface area contributed by atoms with Crippen LogP contribution in [0.15, 0.2) is 40.2 Å². The minimum atomic E-state index is -5.08. The fourth-order valence-corrected chi connectivity index (χ4v) is 4.06. The van der Waals surface area contributed by atoms with Crippen molar-refractivity contribution in [2.45, 2.75) is 32.6 Å². The number of carbonyl (C=O) groups is 1. The van der Waals surface area contributed by atoms with E-state index in [-0.39, 0.29) is 6.04 Å². The van der Waals surface area contributed by atoms with E-state index in [1.165, 1.54) is 5.56 Å². The monoisotopic (exact) mass is 469 g/mol. The van der Waals surface area contributed by atoms with Gasteiger partial charge < -0.3 is 14.4 Å². The van der Waals surface area contributed by atoms with E-state index in [1.54, 1.807) is 11.3 Å². The first-order chi connectivity index (χ1) is 15.2. The van der Waals surface area contributed by atoms with Gasteiger partial charge in [0.1, 0.15) is 10.8 Å². The van der Waals surface area contributed by atoms with Crippen molar-refractivity contribution in [2.75, 3.05) is 19.8 Å². The molecule has 172 valence electrons. The second kappa shape index (κ2) is 10.2. The number of halogens is 3. The van der Waals surface area contributed by atoms with E-state index < -0.39 is 12.1 Å². The summed E-state index contributed by atoms with van der Waals surface area (Å²) in [6.45, 7) is 7.08. The maximum absolute atomic E-state index is 10.6. The van der Waals surface area contributed by atoms with E-state index in [0.29, 0.717) is 6.61 Å². The molecule has 1 aromatic carbocycles. The molecule has 0 saturated carbocycles. The molecular weight excluding hydrogens is 447 g/mol. The molecule has 7 nitrogen and oxygen atoms in total. The van der Waals surface area contributed by atoms with Gasteiger partial charge in [-0.2, -0.15) is 13.2 Å². The van der Waals surface area contributed by atoms with Crippen LogP contribution >= 0.6 is 11.3 Å². The number of aryl methyl sites for hydroxylation is 2. The fraction of sp³-hybridized carbons (Fsp3) is 0.381. The average molecular weight is 469 g/mol. The first-order valence-electron chi connectivity index (χ1n) is 9.71. The largest absolute Gasteiger partial charge is 0.490 e.